The van der Waals surface area contributed by atoms with E-state index in [1.54, 1.807) is 13.8 Å². The molecule has 0 spiro atoms. The summed E-state index contributed by atoms with van der Waals surface area (Å²) in [5.74, 6) is -0.317. The van der Waals surface area contributed by atoms with Crippen LogP contribution in [-0.4, -0.2) is 22.5 Å². The van der Waals surface area contributed by atoms with Gasteiger partial charge in [0.2, 0.25) is 5.91 Å². The molecule has 4 heteroatoms. The van der Waals surface area contributed by atoms with Gasteiger partial charge in [-0.2, -0.15) is 0 Å². The number of nitrogens with two attached hydrogens (primary N) is 1. The Morgan fingerprint density at radius 2 is 1.86 bits per heavy atom. The van der Waals surface area contributed by atoms with E-state index in [2.05, 4.69) is 22.6 Å². The molecule has 0 aromatic carbocycles. The topological polar surface area (TPSA) is 52.3 Å². The van der Waals surface area contributed by atoms with E-state index in [1.807, 2.05) is 13.8 Å². The molecule has 0 rings (SSSR count). The molecule has 0 aliphatic heterocycles. The summed E-state index contributed by atoms with van der Waals surface area (Å²) < 4.78 is 6.73. The van der Waals surface area contributed by atoms with Crippen LogP contribution in [0, 0.1) is 5.41 Å². The Bertz CT molecular complexity index is 202. The molecule has 0 aliphatic rings. The van der Waals surface area contributed by atoms with E-state index in [1.165, 1.54) is 0 Å². The number of carbonyl (C=O) groups is 1. The van der Waals surface area contributed by atoms with Crippen LogP contribution in [-0.2, 0) is 9.53 Å². The van der Waals surface area contributed by atoms with Crippen LogP contribution in [0.3, 0.4) is 0 Å². The van der Waals surface area contributed by atoms with Crippen LogP contribution < -0.4 is 5.73 Å². The SMILES string of the molecule is CC(C)(CCI)OCC(C)(C)C(N)=O. The summed E-state index contributed by atoms with van der Waals surface area (Å²) in [6.07, 6.45) is 0.975. The first-order valence-electron chi connectivity index (χ1n) is 4.71. The largest absolute Gasteiger partial charge is 0.374 e. The molecule has 1 amide bonds. The van der Waals surface area contributed by atoms with E-state index in [0.29, 0.717) is 6.61 Å². The standard InChI is InChI=1S/C10H20INO2/c1-9(2,8(12)13)7-14-10(3,4)5-6-11/h5-7H2,1-4H3,(H2,12,13). The number of primary amides is 1. The van der Waals surface area contributed by atoms with Gasteiger partial charge in [0.15, 0.2) is 0 Å². The molecule has 0 saturated heterocycles. The molecule has 0 saturated carbocycles. The molecular formula is C10H20INO2. The molecule has 0 atom stereocenters. The van der Waals surface area contributed by atoms with Crippen molar-refractivity contribution in [1.82, 2.24) is 0 Å². The Labute approximate surface area is 99.9 Å². The van der Waals surface area contributed by atoms with Gasteiger partial charge in [0.05, 0.1) is 17.6 Å². The van der Waals surface area contributed by atoms with Crippen LogP contribution in [0.15, 0.2) is 0 Å². The third-order valence-corrected chi connectivity index (χ3v) is 2.73. The van der Waals surface area contributed by atoms with Crippen LogP contribution >= 0.6 is 22.6 Å². The number of rotatable bonds is 6. The zero-order chi connectivity index (χ0) is 11.4. The number of halogens is 1. The number of hydrogen-bond acceptors (Lipinski definition) is 2. The fraction of sp³-hybridized carbons (Fsp3) is 0.900. The summed E-state index contributed by atoms with van der Waals surface area (Å²) in [5, 5.41) is 0. The zero-order valence-electron chi connectivity index (χ0n) is 9.39. The summed E-state index contributed by atoms with van der Waals surface area (Å²) >= 11 is 2.32. The van der Waals surface area contributed by atoms with Gasteiger partial charge in [-0.3, -0.25) is 4.79 Å². The molecule has 0 heterocycles. The lowest BCUT2D eigenvalue weighted by atomic mass is 9.93. The third kappa shape index (κ3) is 5.14. The van der Waals surface area contributed by atoms with Crippen LogP contribution in [0.1, 0.15) is 34.1 Å². The molecule has 84 valence electrons. The summed E-state index contributed by atoms with van der Waals surface area (Å²) in [5.41, 5.74) is 4.50. The number of alkyl halides is 1. The summed E-state index contributed by atoms with van der Waals surface area (Å²) in [6, 6.07) is 0. The van der Waals surface area contributed by atoms with Gasteiger partial charge in [0.1, 0.15) is 0 Å². The molecule has 0 aromatic heterocycles. The fourth-order valence-electron chi connectivity index (χ4n) is 0.747. The lowest BCUT2D eigenvalue weighted by Crippen LogP contribution is -2.39. The second-order valence-corrected chi connectivity index (χ2v) is 5.81. The Morgan fingerprint density at radius 3 is 2.21 bits per heavy atom. The highest BCUT2D eigenvalue weighted by molar-refractivity contribution is 14.1. The van der Waals surface area contributed by atoms with Gasteiger partial charge in [0.25, 0.3) is 0 Å². The lowest BCUT2D eigenvalue weighted by Gasteiger charge is -2.29. The zero-order valence-corrected chi connectivity index (χ0v) is 11.6. The van der Waals surface area contributed by atoms with Crippen molar-refractivity contribution in [2.45, 2.75) is 39.7 Å². The van der Waals surface area contributed by atoms with Crippen molar-refractivity contribution in [2.75, 3.05) is 11.0 Å². The van der Waals surface area contributed by atoms with Gasteiger partial charge in [-0.05, 0) is 34.1 Å². The van der Waals surface area contributed by atoms with Crippen molar-refractivity contribution in [3.8, 4) is 0 Å². The number of amides is 1. The number of ether oxygens (including phenoxy) is 1. The third-order valence-electron chi connectivity index (χ3n) is 2.19. The molecule has 0 unspecified atom stereocenters. The summed E-state index contributed by atoms with van der Waals surface area (Å²) in [4.78, 5) is 11.0. The Hall–Kier alpha value is 0.160. The predicted octanol–water partition coefficient (Wildman–Crippen LogP) is 2.12. The van der Waals surface area contributed by atoms with E-state index >= 15 is 0 Å². The average Bonchev–Trinajstić information content (AvgIpc) is 2.01. The van der Waals surface area contributed by atoms with Crippen LogP contribution in [0.2, 0.25) is 0 Å². The normalized spacial score (nSPS) is 12.9. The first-order chi connectivity index (χ1) is 6.21. The second kappa shape index (κ2) is 5.30. The maximum atomic E-state index is 11.0. The maximum Gasteiger partial charge on any atom is 0.225 e. The molecule has 0 bridgehead atoms. The predicted molar refractivity (Wildman–Crippen MR) is 66.5 cm³/mol. The smallest absolute Gasteiger partial charge is 0.225 e. The average molecular weight is 313 g/mol. The van der Waals surface area contributed by atoms with Crippen molar-refractivity contribution >= 4 is 28.5 Å². The van der Waals surface area contributed by atoms with Gasteiger partial charge < -0.3 is 10.5 Å². The van der Waals surface area contributed by atoms with Gasteiger partial charge in [-0.25, -0.2) is 0 Å². The van der Waals surface area contributed by atoms with E-state index in [4.69, 9.17) is 10.5 Å². The molecule has 14 heavy (non-hydrogen) atoms. The minimum Gasteiger partial charge on any atom is -0.374 e. The van der Waals surface area contributed by atoms with Crippen LogP contribution in [0.5, 0.6) is 0 Å². The van der Waals surface area contributed by atoms with Crippen molar-refractivity contribution in [1.29, 1.82) is 0 Å². The molecule has 0 fully saturated rings. The van der Waals surface area contributed by atoms with Crippen LogP contribution in [0.25, 0.3) is 0 Å². The van der Waals surface area contributed by atoms with E-state index in [9.17, 15) is 4.79 Å². The van der Waals surface area contributed by atoms with Gasteiger partial charge in [0, 0.05) is 4.43 Å². The Kier molecular flexibility index (Phi) is 5.36. The van der Waals surface area contributed by atoms with Gasteiger partial charge in [-0.1, -0.05) is 22.6 Å². The molecule has 2 N–H and O–H groups in total. The summed E-state index contributed by atoms with van der Waals surface area (Å²) in [6.45, 7) is 8.04. The highest BCUT2D eigenvalue weighted by Gasteiger charge is 2.28. The Morgan fingerprint density at radius 1 is 1.36 bits per heavy atom. The molecule has 0 aromatic rings. The quantitative estimate of drug-likeness (QED) is 0.603. The highest BCUT2D eigenvalue weighted by atomic mass is 127. The van der Waals surface area contributed by atoms with Crippen LogP contribution in [0.4, 0.5) is 0 Å². The molecular weight excluding hydrogens is 293 g/mol. The van der Waals surface area contributed by atoms with Crippen molar-refractivity contribution < 1.29 is 9.53 Å². The van der Waals surface area contributed by atoms with E-state index in [-0.39, 0.29) is 11.5 Å². The van der Waals surface area contributed by atoms with Crippen molar-refractivity contribution in [3.63, 3.8) is 0 Å². The number of carbonyl (C=O) groups excluding carboxylic acids is 1. The second-order valence-electron chi connectivity index (χ2n) is 4.74. The van der Waals surface area contributed by atoms with E-state index in [0.717, 1.165) is 10.8 Å². The minimum atomic E-state index is -0.581. The first-order valence-corrected chi connectivity index (χ1v) is 6.24. The van der Waals surface area contributed by atoms with Crippen molar-refractivity contribution in [2.24, 2.45) is 11.1 Å². The lowest BCUT2D eigenvalue weighted by molar-refractivity contribution is -0.133. The van der Waals surface area contributed by atoms with E-state index < -0.39 is 5.41 Å². The van der Waals surface area contributed by atoms with Gasteiger partial charge in [-0.15, -0.1) is 0 Å². The minimum absolute atomic E-state index is 0.173. The van der Waals surface area contributed by atoms with Crippen molar-refractivity contribution in [3.05, 3.63) is 0 Å². The van der Waals surface area contributed by atoms with Gasteiger partial charge >= 0.3 is 0 Å². The molecule has 0 aliphatic carbocycles. The first kappa shape index (κ1) is 14.2. The fourth-order valence-corrected chi connectivity index (χ4v) is 2.05. The highest BCUT2D eigenvalue weighted by Crippen LogP contribution is 2.22. The monoisotopic (exact) mass is 313 g/mol. The summed E-state index contributed by atoms with van der Waals surface area (Å²) in [7, 11) is 0. The number of hydrogen-bond donors (Lipinski definition) is 1. The molecule has 3 nitrogen and oxygen atoms in total. The molecule has 0 radical (unpaired) electrons. The Balaban J connectivity index is 4.10. The maximum absolute atomic E-state index is 11.0.